The molecule has 0 bridgehead atoms. The van der Waals surface area contributed by atoms with E-state index in [4.69, 9.17) is 4.98 Å². The van der Waals surface area contributed by atoms with Gasteiger partial charge < -0.3 is 19.6 Å². The van der Waals surface area contributed by atoms with Crippen LogP contribution in [-0.4, -0.2) is 43.8 Å². The van der Waals surface area contributed by atoms with Crippen LogP contribution in [0, 0.1) is 5.92 Å². The Hall–Kier alpha value is -2.71. The molecule has 6 rings (SSSR count). The number of thiophene rings is 1. The Bertz CT molecular complexity index is 1370. The summed E-state index contributed by atoms with van der Waals surface area (Å²) in [5.41, 5.74) is 3.84. The lowest BCUT2D eigenvalue weighted by molar-refractivity contribution is 0.237. The van der Waals surface area contributed by atoms with Crippen molar-refractivity contribution in [1.82, 2.24) is 19.5 Å². The summed E-state index contributed by atoms with van der Waals surface area (Å²) in [6.07, 6.45) is 10.8. The second kappa shape index (κ2) is 8.25. The Morgan fingerprint density at radius 3 is 2.85 bits per heavy atom. The van der Waals surface area contributed by atoms with Gasteiger partial charge in [0.1, 0.15) is 10.4 Å². The van der Waals surface area contributed by atoms with Gasteiger partial charge in [0, 0.05) is 31.2 Å². The monoisotopic (exact) mass is 463 g/mol. The van der Waals surface area contributed by atoms with Gasteiger partial charge in [0.05, 0.1) is 34.1 Å². The molecule has 0 amide bonds. The van der Waals surface area contributed by atoms with Crippen LogP contribution >= 0.6 is 11.3 Å². The Balaban J connectivity index is 1.45. The Morgan fingerprint density at radius 2 is 2.06 bits per heavy atom. The number of aliphatic hydroxyl groups excluding tert-OH is 1. The van der Waals surface area contributed by atoms with E-state index in [9.17, 15) is 9.90 Å². The second-order valence-corrected chi connectivity index (χ2v) is 10.6. The standard InChI is InChI=1S/C25H29N5O2S/c1-15-9-16(12-31)11-29(15)25-21-22(26-13-27-24(21)32)23(33-25)17-7-8-20-19(10-17)28-14-30(20)18-5-3-2-4-6-18/h7-8,10,13-16,18,31H,2-6,9,11-12H2,1H3,(H,26,27,32)/t15-,16-/m1/s1. The van der Waals surface area contributed by atoms with E-state index in [0.29, 0.717) is 11.4 Å². The first-order valence-electron chi connectivity index (χ1n) is 12.0. The third-order valence-corrected chi connectivity index (χ3v) is 8.73. The molecule has 1 aliphatic carbocycles. The van der Waals surface area contributed by atoms with Gasteiger partial charge in [-0.2, -0.15) is 0 Å². The molecule has 4 heterocycles. The molecule has 7 nitrogen and oxygen atoms in total. The third-order valence-electron chi connectivity index (χ3n) is 7.47. The molecular formula is C25H29N5O2S. The van der Waals surface area contributed by atoms with Crippen LogP contribution in [0.15, 0.2) is 35.6 Å². The van der Waals surface area contributed by atoms with E-state index in [1.54, 1.807) is 11.3 Å². The zero-order valence-corrected chi connectivity index (χ0v) is 19.6. The van der Waals surface area contributed by atoms with E-state index in [1.807, 2.05) is 6.33 Å². The molecule has 3 aromatic heterocycles. The molecule has 172 valence electrons. The highest BCUT2D eigenvalue weighted by Crippen LogP contribution is 2.45. The number of rotatable bonds is 4. The maximum atomic E-state index is 12.9. The molecule has 8 heteroatoms. The summed E-state index contributed by atoms with van der Waals surface area (Å²) in [6.45, 7) is 3.09. The first-order chi connectivity index (χ1) is 16.1. The number of H-pyrrole nitrogens is 1. The number of aromatic amines is 1. The highest BCUT2D eigenvalue weighted by atomic mass is 32.1. The molecule has 4 aromatic rings. The molecule has 1 saturated carbocycles. The van der Waals surface area contributed by atoms with Crippen molar-refractivity contribution in [3.63, 3.8) is 0 Å². The summed E-state index contributed by atoms with van der Waals surface area (Å²) in [5, 5.41) is 11.3. The van der Waals surface area contributed by atoms with Crippen molar-refractivity contribution in [3.05, 3.63) is 41.2 Å². The topological polar surface area (TPSA) is 87.0 Å². The number of nitrogens with one attached hydrogen (secondary N) is 1. The highest BCUT2D eigenvalue weighted by Gasteiger charge is 2.32. The van der Waals surface area contributed by atoms with Crippen molar-refractivity contribution in [3.8, 4) is 10.4 Å². The third kappa shape index (κ3) is 3.47. The molecule has 1 saturated heterocycles. The lowest BCUT2D eigenvalue weighted by atomic mass is 9.95. The number of anilines is 1. The maximum absolute atomic E-state index is 12.9. The van der Waals surface area contributed by atoms with Crippen molar-refractivity contribution in [2.75, 3.05) is 18.1 Å². The number of aromatic nitrogens is 4. The minimum Gasteiger partial charge on any atom is -0.396 e. The quantitative estimate of drug-likeness (QED) is 0.458. The van der Waals surface area contributed by atoms with Crippen molar-refractivity contribution in [1.29, 1.82) is 0 Å². The summed E-state index contributed by atoms with van der Waals surface area (Å²) in [7, 11) is 0. The van der Waals surface area contributed by atoms with Gasteiger partial charge >= 0.3 is 0 Å². The molecule has 2 aliphatic rings. The van der Waals surface area contributed by atoms with Crippen LogP contribution < -0.4 is 10.5 Å². The number of imidazole rings is 1. The Morgan fingerprint density at radius 1 is 1.21 bits per heavy atom. The van der Waals surface area contributed by atoms with Crippen LogP contribution in [0.3, 0.4) is 0 Å². The molecule has 0 unspecified atom stereocenters. The Labute approximate surface area is 196 Å². The van der Waals surface area contributed by atoms with Crippen LogP contribution in [0.1, 0.15) is 51.5 Å². The predicted molar refractivity (Wildman–Crippen MR) is 133 cm³/mol. The highest BCUT2D eigenvalue weighted by molar-refractivity contribution is 7.21. The lowest BCUT2D eigenvalue weighted by Gasteiger charge is -2.23. The average molecular weight is 464 g/mol. The predicted octanol–water partition coefficient (Wildman–Crippen LogP) is 4.71. The van der Waals surface area contributed by atoms with Gasteiger partial charge in [0.2, 0.25) is 0 Å². The number of nitrogens with zero attached hydrogens (tertiary/aromatic N) is 4. The summed E-state index contributed by atoms with van der Waals surface area (Å²) >= 11 is 1.62. The summed E-state index contributed by atoms with van der Waals surface area (Å²) in [6, 6.07) is 7.26. The van der Waals surface area contributed by atoms with Gasteiger partial charge in [-0.25, -0.2) is 9.97 Å². The number of hydrogen-bond acceptors (Lipinski definition) is 6. The van der Waals surface area contributed by atoms with Gasteiger partial charge in [-0.1, -0.05) is 25.3 Å². The van der Waals surface area contributed by atoms with E-state index < -0.39 is 0 Å². The van der Waals surface area contributed by atoms with Crippen molar-refractivity contribution in [2.24, 2.45) is 5.92 Å². The Kier molecular flexibility index (Phi) is 5.22. The van der Waals surface area contributed by atoms with E-state index in [1.165, 1.54) is 43.9 Å². The van der Waals surface area contributed by atoms with Gasteiger partial charge in [-0.3, -0.25) is 4.79 Å². The molecule has 2 N–H and O–H groups in total. The van der Waals surface area contributed by atoms with Crippen molar-refractivity contribution < 1.29 is 5.11 Å². The first kappa shape index (κ1) is 20.9. The van der Waals surface area contributed by atoms with E-state index in [-0.39, 0.29) is 24.1 Å². The van der Waals surface area contributed by atoms with E-state index in [0.717, 1.165) is 39.4 Å². The van der Waals surface area contributed by atoms with Gasteiger partial charge in [-0.05, 0) is 43.9 Å². The zero-order valence-electron chi connectivity index (χ0n) is 18.8. The maximum Gasteiger partial charge on any atom is 0.261 e. The van der Waals surface area contributed by atoms with E-state index >= 15 is 0 Å². The fraction of sp³-hybridized carbons (Fsp3) is 0.480. The molecule has 2 atom stereocenters. The summed E-state index contributed by atoms with van der Waals surface area (Å²) in [5.74, 6) is 0.233. The van der Waals surface area contributed by atoms with Crippen molar-refractivity contribution >= 4 is 38.3 Å². The van der Waals surface area contributed by atoms with Gasteiger partial charge in [0.15, 0.2) is 0 Å². The zero-order chi connectivity index (χ0) is 22.5. The number of benzene rings is 1. The molecule has 1 aliphatic heterocycles. The first-order valence-corrected chi connectivity index (χ1v) is 12.8. The van der Waals surface area contributed by atoms with Crippen LogP contribution in [0.2, 0.25) is 0 Å². The average Bonchev–Trinajstić information content (AvgIpc) is 3.54. The van der Waals surface area contributed by atoms with Crippen molar-refractivity contribution in [2.45, 2.75) is 57.5 Å². The SMILES string of the molecule is C[C@@H]1C[C@@H](CO)CN1c1sc(-c2ccc3c(c2)ncn3C2CCCCC2)c2nc[nH]c(=O)c12. The molecular weight excluding hydrogens is 434 g/mol. The number of fused-ring (bicyclic) bond motifs is 2. The fourth-order valence-corrected chi connectivity index (χ4v) is 7.10. The smallest absolute Gasteiger partial charge is 0.261 e. The van der Waals surface area contributed by atoms with Gasteiger partial charge in [-0.15, -0.1) is 11.3 Å². The second-order valence-electron chi connectivity index (χ2n) is 9.62. The number of aliphatic hydroxyl groups is 1. The van der Waals surface area contributed by atoms with Crippen LogP contribution in [0.5, 0.6) is 0 Å². The summed E-state index contributed by atoms with van der Waals surface area (Å²) < 4.78 is 2.35. The van der Waals surface area contributed by atoms with Crippen LogP contribution in [-0.2, 0) is 0 Å². The molecule has 1 aromatic carbocycles. The largest absolute Gasteiger partial charge is 0.396 e. The molecule has 33 heavy (non-hydrogen) atoms. The minimum atomic E-state index is -0.111. The minimum absolute atomic E-state index is 0.111. The normalized spacial score (nSPS) is 22.1. The fourth-order valence-electron chi connectivity index (χ4n) is 5.75. The van der Waals surface area contributed by atoms with Crippen LogP contribution in [0.4, 0.5) is 5.00 Å². The van der Waals surface area contributed by atoms with E-state index in [2.05, 4.69) is 44.6 Å². The summed E-state index contributed by atoms with van der Waals surface area (Å²) in [4.78, 5) is 28.2. The number of hydrogen-bond donors (Lipinski definition) is 2. The lowest BCUT2D eigenvalue weighted by Crippen LogP contribution is -2.27. The van der Waals surface area contributed by atoms with Crippen LogP contribution in [0.25, 0.3) is 32.4 Å². The van der Waals surface area contributed by atoms with Gasteiger partial charge in [0.25, 0.3) is 5.56 Å². The molecule has 0 spiro atoms. The molecule has 0 radical (unpaired) electrons. The molecule has 2 fully saturated rings.